The molecule has 6 heterocycles. The highest BCUT2D eigenvalue weighted by molar-refractivity contribution is 7.36. The number of aryl methyl sites for hydroxylation is 5. The molecule has 6 nitrogen and oxygen atoms in total. The van der Waals surface area contributed by atoms with Crippen molar-refractivity contribution < 1.29 is 4.74 Å². The number of hydrogen-bond acceptors (Lipinski definition) is 6. The zero-order valence-electron chi connectivity index (χ0n) is 47.5. The number of aromatic nitrogens is 5. The Labute approximate surface area is 429 Å². The number of nitrogens with zero attached hydrogens (tertiary/aromatic N) is 5. The molecule has 0 radical (unpaired) electrons. The number of ether oxygens (including phenoxy) is 1. The van der Waals surface area contributed by atoms with E-state index in [0.717, 1.165) is 36.3 Å². The minimum absolute atomic E-state index is 0.910. The van der Waals surface area contributed by atoms with E-state index in [1.54, 1.807) is 29.8 Å². The molecule has 0 fully saturated rings. The van der Waals surface area contributed by atoms with Crippen LogP contribution < -0.4 is 4.74 Å². The average molecular weight is 975 g/mol. The van der Waals surface area contributed by atoms with Crippen molar-refractivity contribution in [3.8, 4) is 5.75 Å². The van der Waals surface area contributed by atoms with Gasteiger partial charge in [-0.05, 0) is 92.3 Å². The number of methoxy groups -OCH3 is 1. The first kappa shape index (κ1) is 74.7. The molecule has 2 aliphatic rings. The Kier molecular flexibility index (Phi) is 68.4. The molecule has 0 bridgehead atoms. The summed E-state index contributed by atoms with van der Waals surface area (Å²) in [7, 11) is 1.66. The summed E-state index contributed by atoms with van der Waals surface area (Å²) in [6, 6.07) is 36.5. The van der Waals surface area contributed by atoms with Crippen LogP contribution in [0.1, 0.15) is 180 Å². The smallest absolute Gasteiger partial charge is 0.118 e. The van der Waals surface area contributed by atoms with E-state index in [0.29, 0.717) is 0 Å². The van der Waals surface area contributed by atoms with Crippen LogP contribution in [-0.4, -0.2) is 31.7 Å². The number of thiophene rings is 1. The van der Waals surface area contributed by atoms with Crippen LogP contribution in [-0.2, 0) is 32.4 Å². The van der Waals surface area contributed by atoms with Crippen molar-refractivity contribution in [3.05, 3.63) is 162 Å². The van der Waals surface area contributed by atoms with Gasteiger partial charge in [-0.1, -0.05) is 223 Å². The topological polar surface area (TPSA) is 57.8 Å². The minimum Gasteiger partial charge on any atom is -0.497 e. The van der Waals surface area contributed by atoms with Gasteiger partial charge in [-0.3, -0.25) is 9.36 Å². The van der Waals surface area contributed by atoms with Crippen LogP contribution in [0.25, 0.3) is 15.1 Å². The second kappa shape index (κ2) is 62.2. The molecule has 9 rings (SSSR count). The van der Waals surface area contributed by atoms with Gasteiger partial charge < -0.3 is 4.74 Å². The molecule has 0 unspecified atom stereocenters. The lowest BCUT2D eigenvalue weighted by molar-refractivity contribution is 0.415. The number of thiazole rings is 1. The highest BCUT2D eigenvalue weighted by atomic mass is 32.2. The van der Waals surface area contributed by atoms with E-state index in [9.17, 15) is 0 Å². The second-order valence-corrected chi connectivity index (χ2v) is 13.6. The summed E-state index contributed by atoms with van der Waals surface area (Å²) in [6.07, 6.45) is 11.3. The number of para-hydroxylation sites is 1. The van der Waals surface area contributed by atoms with E-state index in [2.05, 4.69) is 92.0 Å². The van der Waals surface area contributed by atoms with E-state index < -0.39 is 0 Å². The van der Waals surface area contributed by atoms with Crippen molar-refractivity contribution in [2.24, 2.45) is 0 Å². The Morgan fingerprint density at radius 2 is 0.971 bits per heavy atom. The Bertz CT molecular complexity index is 1770. The highest BCUT2D eigenvalue weighted by Gasteiger charge is 2.08. The summed E-state index contributed by atoms with van der Waals surface area (Å²) in [5.74, 6) is 0.910. The van der Waals surface area contributed by atoms with Crippen molar-refractivity contribution in [1.29, 1.82) is 0 Å². The van der Waals surface area contributed by atoms with E-state index in [1.807, 2.05) is 210 Å². The van der Waals surface area contributed by atoms with Gasteiger partial charge >= 0.3 is 0 Å². The van der Waals surface area contributed by atoms with Gasteiger partial charge in [-0.25, -0.2) is 4.98 Å². The lowest BCUT2D eigenvalue weighted by Gasteiger charge is -2.11. The number of benzene rings is 3. The van der Waals surface area contributed by atoms with Crippen molar-refractivity contribution in [2.45, 2.75) is 190 Å². The molecule has 386 valence electrons. The van der Waals surface area contributed by atoms with Gasteiger partial charge in [-0.2, -0.15) is 10.2 Å². The Hall–Kier alpha value is -4.79. The fourth-order valence-electron chi connectivity index (χ4n) is 5.12. The third-order valence-corrected chi connectivity index (χ3v) is 9.83. The molecule has 0 amide bonds. The number of fused-ring (bicyclic) bond motifs is 3. The van der Waals surface area contributed by atoms with Gasteiger partial charge in [0.2, 0.25) is 0 Å². The van der Waals surface area contributed by atoms with Gasteiger partial charge in [0.15, 0.2) is 0 Å². The average Bonchev–Trinajstić information content (AvgIpc) is 4.34. The largest absolute Gasteiger partial charge is 0.497 e. The molecule has 0 N–H and O–H groups in total. The number of rotatable bonds is 3. The van der Waals surface area contributed by atoms with Gasteiger partial charge in [0.05, 0.1) is 18.1 Å². The summed E-state index contributed by atoms with van der Waals surface area (Å²) in [6.45, 7) is 46.3. The summed E-state index contributed by atoms with van der Waals surface area (Å²) < 4.78 is 10.4. The molecule has 7 aromatic rings. The lowest BCUT2D eigenvalue weighted by atomic mass is 10.1. The zero-order chi connectivity index (χ0) is 53.2. The highest BCUT2D eigenvalue weighted by Crippen LogP contribution is 2.22. The number of allylic oxidation sites excluding steroid dienone is 1. The van der Waals surface area contributed by atoms with Crippen molar-refractivity contribution in [1.82, 2.24) is 24.5 Å². The first-order valence-electron chi connectivity index (χ1n) is 26.2. The predicted molar refractivity (Wildman–Crippen MR) is 315 cm³/mol. The summed E-state index contributed by atoms with van der Waals surface area (Å²) in [4.78, 5) is 4.11. The van der Waals surface area contributed by atoms with E-state index in [1.165, 1.54) is 58.6 Å². The van der Waals surface area contributed by atoms with Gasteiger partial charge in [0.25, 0.3) is 0 Å². The molecule has 68 heavy (non-hydrogen) atoms. The molecule has 0 atom stereocenters. The third kappa shape index (κ3) is 38.2. The summed E-state index contributed by atoms with van der Waals surface area (Å²) in [5.41, 5.74) is 9.56. The van der Waals surface area contributed by atoms with Gasteiger partial charge in [0.1, 0.15) is 9.76 Å². The molecule has 3 aromatic carbocycles. The maximum Gasteiger partial charge on any atom is 0.118 e. The molecule has 0 aliphatic carbocycles. The van der Waals surface area contributed by atoms with Crippen LogP contribution in [0.3, 0.4) is 0 Å². The molecule has 2 aliphatic heterocycles. The molecule has 0 saturated carbocycles. The first-order chi connectivity index (χ1) is 33.6. The van der Waals surface area contributed by atoms with Crippen LogP contribution in [0, 0.1) is 0 Å². The summed E-state index contributed by atoms with van der Waals surface area (Å²) in [5, 5.41) is 10.4. The van der Waals surface area contributed by atoms with Crippen LogP contribution in [0.2, 0.25) is 0 Å². The lowest BCUT2D eigenvalue weighted by Crippen LogP contribution is -2.10. The van der Waals surface area contributed by atoms with Gasteiger partial charge in [-0.15, -0.1) is 22.7 Å². The molecule has 8 heteroatoms. The van der Waals surface area contributed by atoms with Crippen LogP contribution in [0.15, 0.2) is 139 Å². The fraction of sp³-hybridized carbons (Fsp3) is 0.483. The zero-order valence-corrected chi connectivity index (χ0v) is 49.2. The van der Waals surface area contributed by atoms with Crippen LogP contribution >= 0.6 is 22.7 Å². The van der Waals surface area contributed by atoms with Crippen molar-refractivity contribution in [2.75, 3.05) is 7.11 Å². The van der Waals surface area contributed by atoms with Crippen molar-refractivity contribution >= 4 is 37.8 Å². The van der Waals surface area contributed by atoms with E-state index in [4.69, 9.17) is 4.74 Å². The molecule has 0 spiro atoms. The van der Waals surface area contributed by atoms with Crippen LogP contribution in [0.4, 0.5) is 0 Å². The van der Waals surface area contributed by atoms with Crippen molar-refractivity contribution in [3.63, 3.8) is 0 Å². The maximum atomic E-state index is 4.91. The molecular formula is C60H103N5OS2. The second-order valence-electron chi connectivity index (χ2n) is 11.6. The maximum absolute atomic E-state index is 4.91. The monoisotopic (exact) mass is 974 g/mol. The Morgan fingerprint density at radius 3 is 1.34 bits per heavy atom. The van der Waals surface area contributed by atoms with Gasteiger partial charge in [0, 0.05) is 36.9 Å². The fourth-order valence-corrected chi connectivity index (χ4v) is 6.71. The van der Waals surface area contributed by atoms with E-state index >= 15 is 0 Å². The quantitative estimate of drug-likeness (QED) is 0.177. The Morgan fingerprint density at radius 1 is 0.544 bits per heavy atom. The third-order valence-electron chi connectivity index (χ3n) is 7.92. The normalized spacial score (nSPS) is 9.54. The minimum atomic E-state index is 0.910. The van der Waals surface area contributed by atoms with Crippen LogP contribution in [0.5, 0.6) is 5.75 Å². The molecule has 4 aromatic heterocycles. The predicted octanol–water partition coefficient (Wildman–Crippen LogP) is 20.3. The molecule has 0 saturated heterocycles. The SMILES string of the molecule is C=C(C)c1ccccc1.CC.CC.CC.CC.CC.CC.CC.CC.CC.CCc1ccccc1.COc1ccccc1.c1cc2n(n1)CCC2.c1cc2n(n1)CCCC2.c1cc2ncsc2s1. The first-order valence-corrected chi connectivity index (χ1v) is 27.9. The Balaban J connectivity index is -0.000000159. The van der Waals surface area contributed by atoms with E-state index in [-0.39, 0.29) is 0 Å². The number of hydrogen-bond donors (Lipinski definition) is 0. The molecular weight excluding hydrogens is 871 g/mol. The summed E-state index contributed by atoms with van der Waals surface area (Å²) >= 11 is 3.45. The standard InChI is InChI=1S/C9H10.C8H10.C7H10N2.C7H8O.C6H8N2.C5H3NS2.9C2H6/c1-8(2)9-6-4-3-5-7-9;1-2-8-6-4-3-5-7-8;1-2-6-9-7(3-1)4-5-8-9;1-8-7-5-3-2-4-6-7;1-2-6-3-4-7-8(6)5-1;1-2-7-5-4(1)6-3-8-5;9*1-2/h3-7H,1H2,2H3;3-7H,2H2,1H3;4-5H,1-3,6H2;2-6H,1H3;3-4H,1-2,5H2;1-3H;9*1-2H3.